The Balaban J connectivity index is 2.08. The van der Waals surface area contributed by atoms with Crippen LogP contribution in [0.15, 0.2) is 42.7 Å². The Morgan fingerprint density at radius 1 is 1.26 bits per heavy atom. The summed E-state index contributed by atoms with van der Waals surface area (Å²) in [5.74, 6) is -0.765. The van der Waals surface area contributed by atoms with Crippen LogP contribution in [0.5, 0.6) is 0 Å². The van der Waals surface area contributed by atoms with Crippen molar-refractivity contribution in [3.05, 3.63) is 59.7 Å². The molecule has 1 heterocycles. The lowest BCUT2D eigenvalue weighted by Gasteiger charge is -2.09. The first-order chi connectivity index (χ1) is 9.20. The first-order valence-electron chi connectivity index (χ1n) is 5.77. The number of anilines is 1. The zero-order valence-electron chi connectivity index (χ0n) is 10.1. The SMILES string of the molecule is O=C(Cc1ccccc1F)Nc1cnccc1CO. The summed E-state index contributed by atoms with van der Waals surface area (Å²) in [7, 11) is 0. The minimum Gasteiger partial charge on any atom is -0.392 e. The minimum atomic E-state index is -0.411. The van der Waals surface area contributed by atoms with Gasteiger partial charge in [0, 0.05) is 11.8 Å². The highest BCUT2D eigenvalue weighted by atomic mass is 19.1. The summed E-state index contributed by atoms with van der Waals surface area (Å²) in [4.78, 5) is 15.7. The molecule has 0 radical (unpaired) electrons. The van der Waals surface area contributed by atoms with E-state index >= 15 is 0 Å². The lowest BCUT2D eigenvalue weighted by molar-refractivity contribution is -0.115. The van der Waals surface area contributed by atoms with Crippen LogP contribution in [0.4, 0.5) is 10.1 Å². The Kier molecular flexibility index (Phi) is 4.20. The highest BCUT2D eigenvalue weighted by molar-refractivity contribution is 5.92. The van der Waals surface area contributed by atoms with Gasteiger partial charge >= 0.3 is 0 Å². The lowest BCUT2D eigenvalue weighted by Crippen LogP contribution is -2.16. The second-order valence-electron chi connectivity index (χ2n) is 4.01. The van der Waals surface area contributed by atoms with E-state index in [2.05, 4.69) is 10.3 Å². The van der Waals surface area contributed by atoms with Gasteiger partial charge in [0.2, 0.25) is 5.91 Å². The third kappa shape index (κ3) is 3.35. The van der Waals surface area contributed by atoms with Crippen LogP contribution in [-0.4, -0.2) is 16.0 Å². The van der Waals surface area contributed by atoms with Crippen LogP contribution in [0.3, 0.4) is 0 Å². The number of rotatable bonds is 4. The fraction of sp³-hybridized carbons (Fsp3) is 0.143. The monoisotopic (exact) mass is 260 g/mol. The summed E-state index contributed by atoms with van der Waals surface area (Å²) in [5.41, 5.74) is 1.33. The van der Waals surface area contributed by atoms with Crippen molar-refractivity contribution < 1.29 is 14.3 Å². The van der Waals surface area contributed by atoms with Crippen molar-refractivity contribution in [2.24, 2.45) is 0 Å². The Hall–Kier alpha value is -2.27. The molecule has 0 aliphatic heterocycles. The summed E-state index contributed by atoms with van der Waals surface area (Å²) in [6.07, 6.45) is 2.91. The fourth-order valence-corrected chi connectivity index (χ4v) is 1.68. The molecule has 2 N–H and O–H groups in total. The van der Waals surface area contributed by atoms with E-state index in [1.54, 1.807) is 24.3 Å². The zero-order chi connectivity index (χ0) is 13.7. The number of nitrogens with zero attached hydrogens (tertiary/aromatic N) is 1. The topological polar surface area (TPSA) is 62.2 Å². The van der Waals surface area contributed by atoms with E-state index < -0.39 is 5.82 Å². The van der Waals surface area contributed by atoms with Crippen LogP contribution in [-0.2, 0) is 17.8 Å². The average molecular weight is 260 g/mol. The second-order valence-corrected chi connectivity index (χ2v) is 4.01. The molecule has 4 nitrogen and oxygen atoms in total. The molecule has 2 rings (SSSR count). The zero-order valence-corrected chi connectivity index (χ0v) is 10.1. The molecule has 0 saturated carbocycles. The minimum absolute atomic E-state index is 0.0631. The normalized spacial score (nSPS) is 10.2. The van der Waals surface area contributed by atoms with Gasteiger partial charge in [-0.25, -0.2) is 4.39 Å². The molecule has 0 spiro atoms. The molecule has 5 heteroatoms. The van der Waals surface area contributed by atoms with E-state index in [4.69, 9.17) is 5.11 Å². The smallest absolute Gasteiger partial charge is 0.228 e. The number of amides is 1. The molecule has 1 aromatic heterocycles. The van der Waals surface area contributed by atoms with E-state index in [-0.39, 0.29) is 18.9 Å². The van der Waals surface area contributed by atoms with Gasteiger partial charge in [0.15, 0.2) is 0 Å². The van der Waals surface area contributed by atoms with E-state index in [1.807, 2.05) is 0 Å². The molecule has 1 aromatic carbocycles. The summed E-state index contributed by atoms with van der Waals surface area (Å²) in [5, 5.41) is 11.7. The molecule has 98 valence electrons. The van der Waals surface area contributed by atoms with E-state index in [1.165, 1.54) is 18.5 Å². The first kappa shape index (κ1) is 13.2. The predicted molar refractivity (Wildman–Crippen MR) is 68.9 cm³/mol. The maximum Gasteiger partial charge on any atom is 0.228 e. The lowest BCUT2D eigenvalue weighted by atomic mass is 10.1. The van der Waals surface area contributed by atoms with Crippen molar-refractivity contribution in [1.82, 2.24) is 4.98 Å². The molecular formula is C14H13FN2O2. The number of aliphatic hydroxyl groups excluding tert-OH is 1. The highest BCUT2D eigenvalue weighted by Gasteiger charge is 2.09. The number of hydrogen-bond donors (Lipinski definition) is 2. The largest absolute Gasteiger partial charge is 0.392 e. The number of halogens is 1. The third-order valence-corrected chi connectivity index (χ3v) is 2.66. The molecule has 0 saturated heterocycles. The van der Waals surface area contributed by atoms with Crippen molar-refractivity contribution >= 4 is 11.6 Å². The number of aromatic nitrogens is 1. The maximum atomic E-state index is 13.4. The van der Waals surface area contributed by atoms with E-state index in [0.717, 1.165) is 0 Å². The van der Waals surface area contributed by atoms with Gasteiger partial charge in [-0.3, -0.25) is 9.78 Å². The molecule has 19 heavy (non-hydrogen) atoms. The maximum absolute atomic E-state index is 13.4. The highest BCUT2D eigenvalue weighted by Crippen LogP contribution is 2.14. The van der Waals surface area contributed by atoms with Gasteiger partial charge < -0.3 is 10.4 Å². The van der Waals surface area contributed by atoms with Gasteiger partial charge in [-0.05, 0) is 17.7 Å². The fourth-order valence-electron chi connectivity index (χ4n) is 1.68. The number of hydrogen-bond acceptors (Lipinski definition) is 3. The number of carbonyl (C=O) groups excluding carboxylic acids is 1. The first-order valence-corrected chi connectivity index (χ1v) is 5.77. The number of nitrogens with one attached hydrogen (secondary N) is 1. The average Bonchev–Trinajstić information content (AvgIpc) is 2.42. The summed E-state index contributed by atoms with van der Waals surface area (Å²) in [6.45, 7) is -0.197. The molecule has 0 unspecified atom stereocenters. The van der Waals surface area contributed by atoms with E-state index in [9.17, 15) is 9.18 Å². The van der Waals surface area contributed by atoms with Gasteiger partial charge in [-0.15, -0.1) is 0 Å². The van der Waals surface area contributed by atoms with Crippen molar-refractivity contribution in [2.45, 2.75) is 13.0 Å². The summed E-state index contributed by atoms with van der Waals surface area (Å²) < 4.78 is 13.4. The molecular weight excluding hydrogens is 247 g/mol. The number of pyridine rings is 1. The van der Waals surface area contributed by atoms with Crippen LogP contribution >= 0.6 is 0 Å². The van der Waals surface area contributed by atoms with Gasteiger partial charge in [-0.2, -0.15) is 0 Å². The van der Waals surface area contributed by atoms with Gasteiger partial charge in [-0.1, -0.05) is 18.2 Å². The van der Waals surface area contributed by atoms with Crippen molar-refractivity contribution in [2.75, 3.05) is 5.32 Å². The molecule has 0 bridgehead atoms. The Bertz CT molecular complexity index is 587. The molecule has 2 aromatic rings. The Morgan fingerprint density at radius 3 is 2.79 bits per heavy atom. The summed E-state index contributed by atoms with van der Waals surface area (Å²) in [6, 6.07) is 7.73. The van der Waals surface area contributed by atoms with Gasteiger partial charge in [0.25, 0.3) is 0 Å². The molecule has 0 fully saturated rings. The Morgan fingerprint density at radius 2 is 2.05 bits per heavy atom. The third-order valence-electron chi connectivity index (χ3n) is 2.66. The second kappa shape index (κ2) is 6.06. The molecule has 1 amide bonds. The van der Waals surface area contributed by atoms with Crippen LogP contribution in [0, 0.1) is 5.82 Å². The molecule has 0 aliphatic carbocycles. The number of aliphatic hydroxyl groups is 1. The van der Waals surface area contributed by atoms with Crippen molar-refractivity contribution in [3.63, 3.8) is 0 Å². The molecule has 0 aliphatic rings. The number of benzene rings is 1. The van der Waals surface area contributed by atoms with Crippen LogP contribution in [0.25, 0.3) is 0 Å². The predicted octanol–water partition coefficient (Wildman–Crippen LogP) is 1.89. The number of carbonyl (C=O) groups is 1. The molecule has 0 atom stereocenters. The van der Waals surface area contributed by atoms with E-state index in [0.29, 0.717) is 16.8 Å². The Labute approximate surface area is 109 Å². The van der Waals surface area contributed by atoms with Crippen LogP contribution < -0.4 is 5.32 Å². The van der Waals surface area contributed by atoms with Crippen LogP contribution in [0.1, 0.15) is 11.1 Å². The quantitative estimate of drug-likeness (QED) is 0.882. The van der Waals surface area contributed by atoms with Crippen LogP contribution in [0.2, 0.25) is 0 Å². The van der Waals surface area contributed by atoms with Crippen molar-refractivity contribution in [3.8, 4) is 0 Å². The standard InChI is InChI=1S/C14H13FN2O2/c15-12-4-2-1-3-10(12)7-14(19)17-13-8-16-6-5-11(13)9-18/h1-6,8,18H,7,9H2,(H,17,19). The van der Waals surface area contributed by atoms with Crippen molar-refractivity contribution in [1.29, 1.82) is 0 Å². The van der Waals surface area contributed by atoms with Gasteiger partial charge in [0.1, 0.15) is 5.82 Å². The van der Waals surface area contributed by atoms with Gasteiger partial charge in [0.05, 0.1) is 24.9 Å². The summed E-state index contributed by atoms with van der Waals surface area (Å²) >= 11 is 0.